The van der Waals surface area contributed by atoms with Crippen LogP contribution < -0.4 is 5.32 Å². The quantitative estimate of drug-likeness (QED) is 0.447. The molecule has 4 heteroatoms. The fourth-order valence-corrected chi connectivity index (χ4v) is 1.62. The van der Waals surface area contributed by atoms with Crippen LogP contribution in [0, 0.1) is 5.92 Å². The molecule has 0 aromatic heterocycles. The maximum Gasteiger partial charge on any atom is 0.305 e. The van der Waals surface area contributed by atoms with Crippen LogP contribution in [0.2, 0.25) is 0 Å². The lowest BCUT2D eigenvalue weighted by atomic mass is 10.1. The van der Waals surface area contributed by atoms with Gasteiger partial charge in [-0.25, -0.2) is 0 Å². The lowest BCUT2D eigenvalue weighted by Gasteiger charge is -2.11. The van der Waals surface area contributed by atoms with Gasteiger partial charge in [-0.05, 0) is 38.8 Å². The molecule has 0 bridgehead atoms. The SMILES string of the molecule is CCOC(=O)CCCCCNCC(C)COC. The third-order valence-electron chi connectivity index (χ3n) is 2.48. The summed E-state index contributed by atoms with van der Waals surface area (Å²) in [5.74, 6) is 0.480. The molecule has 102 valence electrons. The third kappa shape index (κ3) is 11.6. The molecule has 0 aliphatic carbocycles. The van der Waals surface area contributed by atoms with Crippen molar-refractivity contribution in [3.8, 4) is 0 Å². The summed E-state index contributed by atoms with van der Waals surface area (Å²) in [6.45, 7) is 7.29. The first-order valence-electron chi connectivity index (χ1n) is 6.56. The number of carbonyl (C=O) groups is 1. The van der Waals surface area contributed by atoms with Crippen molar-refractivity contribution in [2.45, 2.75) is 39.5 Å². The highest BCUT2D eigenvalue weighted by atomic mass is 16.5. The topological polar surface area (TPSA) is 47.6 Å². The Morgan fingerprint density at radius 2 is 2.06 bits per heavy atom. The molecular weight excluding hydrogens is 218 g/mol. The predicted molar refractivity (Wildman–Crippen MR) is 69.0 cm³/mol. The molecule has 0 aromatic carbocycles. The number of rotatable bonds is 11. The molecule has 0 radical (unpaired) electrons. The van der Waals surface area contributed by atoms with E-state index in [9.17, 15) is 4.79 Å². The van der Waals surface area contributed by atoms with E-state index < -0.39 is 0 Å². The zero-order chi connectivity index (χ0) is 12.9. The lowest BCUT2D eigenvalue weighted by molar-refractivity contribution is -0.143. The van der Waals surface area contributed by atoms with Gasteiger partial charge in [-0.15, -0.1) is 0 Å². The molecule has 0 spiro atoms. The second-order valence-electron chi connectivity index (χ2n) is 4.38. The van der Waals surface area contributed by atoms with E-state index in [4.69, 9.17) is 9.47 Å². The maximum atomic E-state index is 11.0. The highest BCUT2D eigenvalue weighted by Gasteiger charge is 2.01. The van der Waals surface area contributed by atoms with Gasteiger partial charge < -0.3 is 14.8 Å². The minimum atomic E-state index is -0.0748. The number of carbonyl (C=O) groups excluding carboxylic acids is 1. The Bertz CT molecular complexity index is 186. The van der Waals surface area contributed by atoms with E-state index >= 15 is 0 Å². The van der Waals surface area contributed by atoms with Crippen LogP contribution in [0.3, 0.4) is 0 Å². The lowest BCUT2D eigenvalue weighted by Crippen LogP contribution is -2.24. The normalized spacial score (nSPS) is 12.4. The largest absolute Gasteiger partial charge is 0.466 e. The van der Waals surface area contributed by atoms with Crippen LogP contribution in [-0.2, 0) is 14.3 Å². The van der Waals surface area contributed by atoms with Crippen LogP contribution in [0.15, 0.2) is 0 Å². The van der Waals surface area contributed by atoms with Gasteiger partial charge in [-0.1, -0.05) is 13.3 Å². The van der Waals surface area contributed by atoms with E-state index in [1.54, 1.807) is 7.11 Å². The number of unbranched alkanes of at least 4 members (excludes halogenated alkanes) is 2. The van der Waals surface area contributed by atoms with Gasteiger partial charge in [0.15, 0.2) is 0 Å². The number of esters is 1. The molecular formula is C13H27NO3. The van der Waals surface area contributed by atoms with Crippen molar-refractivity contribution in [2.75, 3.05) is 33.4 Å². The van der Waals surface area contributed by atoms with Gasteiger partial charge in [0.05, 0.1) is 6.61 Å². The summed E-state index contributed by atoms with van der Waals surface area (Å²) in [7, 11) is 1.73. The van der Waals surface area contributed by atoms with Crippen molar-refractivity contribution in [3.63, 3.8) is 0 Å². The summed E-state index contributed by atoms with van der Waals surface area (Å²) in [6.07, 6.45) is 3.66. The summed E-state index contributed by atoms with van der Waals surface area (Å²) in [5, 5.41) is 3.39. The van der Waals surface area contributed by atoms with E-state index in [0.29, 0.717) is 18.9 Å². The zero-order valence-electron chi connectivity index (χ0n) is 11.5. The van der Waals surface area contributed by atoms with E-state index in [0.717, 1.165) is 39.0 Å². The molecule has 0 amide bonds. The Hall–Kier alpha value is -0.610. The van der Waals surface area contributed by atoms with Crippen LogP contribution in [-0.4, -0.2) is 39.4 Å². The minimum Gasteiger partial charge on any atom is -0.466 e. The van der Waals surface area contributed by atoms with E-state index in [1.807, 2.05) is 6.92 Å². The second-order valence-corrected chi connectivity index (χ2v) is 4.38. The van der Waals surface area contributed by atoms with E-state index in [1.165, 1.54) is 0 Å². The fraction of sp³-hybridized carbons (Fsp3) is 0.923. The van der Waals surface area contributed by atoms with Crippen LogP contribution in [0.25, 0.3) is 0 Å². The number of nitrogens with one attached hydrogen (secondary N) is 1. The Labute approximate surface area is 105 Å². The molecule has 0 heterocycles. The Kier molecular flexibility index (Phi) is 11.4. The molecule has 0 rings (SSSR count). The molecule has 1 unspecified atom stereocenters. The van der Waals surface area contributed by atoms with Crippen molar-refractivity contribution in [2.24, 2.45) is 5.92 Å². The molecule has 0 saturated carbocycles. The molecule has 0 aliphatic heterocycles. The minimum absolute atomic E-state index is 0.0748. The molecule has 0 saturated heterocycles. The molecule has 0 aromatic rings. The van der Waals surface area contributed by atoms with Crippen molar-refractivity contribution < 1.29 is 14.3 Å². The summed E-state index contributed by atoms with van der Waals surface area (Å²) in [6, 6.07) is 0. The van der Waals surface area contributed by atoms with Crippen LogP contribution in [0.5, 0.6) is 0 Å². The van der Waals surface area contributed by atoms with Crippen LogP contribution in [0.4, 0.5) is 0 Å². The average molecular weight is 245 g/mol. The molecule has 1 N–H and O–H groups in total. The Balaban J connectivity index is 3.16. The number of methoxy groups -OCH3 is 1. The third-order valence-corrected chi connectivity index (χ3v) is 2.48. The van der Waals surface area contributed by atoms with Crippen molar-refractivity contribution in [1.29, 1.82) is 0 Å². The number of hydrogen-bond acceptors (Lipinski definition) is 4. The summed E-state index contributed by atoms with van der Waals surface area (Å²) in [5.41, 5.74) is 0. The van der Waals surface area contributed by atoms with Crippen LogP contribution in [0.1, 0.15) is 39.5 Å². The highest BCUT2D eigenvalue weighted by molar-refractivity contribution is 5.69. The smallest absolute Gasteiger partial charge is 0.305 e. The predicted octanol–water partition coefficient (Wildman–Crippen LogP) is 1.98. The van der Waals surface area contributed by atoms with Gasteiger partial charge in [0.1, 0.15) is 0 Å². The van der Waals surface area contributed by atoms with Gasteiger partial charge in [0.2, 0.25) is 0 Å². The van der Waals surface area contributed by atoms with Gasteiger partial charge in [0.25, 0.3) is 0 Å². The van der Waals surface area contributed by atoms with Crippen molar-refractivity contribution in [3.05, 3.63) is 0 Å². The van der Waals surface area contributed by atoms with E-state index in [-0.39, 0.29) is 5.97 Å². The first-order chi connectivity index (χ1) is 8.20. The fourth-order valence-electron chi connectivity index (χ4n) is 1.62. The molecule has 17 heavy (non-hydrogen) atoms. The molecule has 0 fully saturated rings. The standard InChI is InChI=1S/C13H27NO3/c1-4-17-13(15)8-6-5-7-9-14-10-12(2)11-16-3/h12,14H,4-11H2,1-3H3. The first-order valence-corrected chi connectivity index (χ1v) is 6.56. The highest BCUT2D eigenvalue weighted by Crippen LogP contribution is 2.01. The Morgan fingerprint density at radius 3 is 2.71 bits per heavy atom. The monoisotopic (exact) mass is 245 g/mol. The summed E-state index contributed by atoms with van der Waals surface area (Å²) < 4.78 is 9.92. The van der Waals surface area contributed by atoms with Gasteiger partial charge in [-0.3, -0.25) is 4.79 Å². The number of hydrogen-bond donors (Lipinski definition) is 1. The van der Waals surface area contributed by atoms with Crippen molar-refractivity contribution in [1.82, 2.24) is 5.32 Å². The molecule has 1 atom stereocenters. The van der Waals surface area contributed by atoms with Crippen LogP contribution >= 0.6 is 0 Å². The average Bonchev–Trinajstić information content (AvgIpc) is 2.28. The van der Waals surface area contributed by atoms with Crippen molar-refractivity contribution >= 4 is 5.97 Å². The molecule has 4 nitrogen and oxygen atoms in total. The summed E-state index contributed by atoms with van der Waals surface area (Å²) >= 11 is 0. The molecule has 0 aliphatic rings. The van der Waals surface area contributed by atoms with Gasteiger partial charge in [-0.2, -0.15) is 0 Å². The van der Waals surface area contributed by atoms with E-state index in [2.05, 4.69) is 12.2 Å². The Morgan fingerprint density at radius 1 is 1.29 bits per heavy atom. The first kappa shape index (κ1) is 16.4. The van der Waals surface area contributed by atoms with Gasteiger partial charge in [0, 0.05) is 20.1 Å². The zero-order valence-corrected chi connectivity index (χ0v) is 11.5. The number of ether oxygens (including phenoxy) is 2. The summed E-state index contributed by atoms with van der Waals surface area (Å²) in [4.78, 5) is 11.0. The van der Waals surface area contributed by atoms with Gasteiger partial charge >= 0.3 is 5.97 Å². The second kappa shape index (κ2) is 11.9. The maximum absolute atomic E-state index is 11.0.